The van der Waals surface area contributed by atoms with Crippen LogP contribution in [0.3, 0.4) is 0 Å². The van der Waals surface area contributed by atoms with E-state index in [0.29, 0.717) is 28.6 Å². The Bertz CT molecular complexity index is 938. The molecule has 1 N–H and O–H groups in total. The molecule has 0 aliphatic heterocycles. The van der Waals surface area contributed by atoms with Crippen molar-refractivity contribution in [2.75, 3.05) is 13.7 Å². The molecule has 0 bridgehead atoms. The third kappa shape index (κ3) is 6.19. The van der Waals surface area contributed by atoms with Crippen molar-refractivity contribution in [3.8, 4) is 11.5 Å². The molecule has 154 valence electrons. The third-order valence-electron chi connectivity index (χ3n) is 4.33. The first kappa shape index (κ1) is 21.6. The van der Waals surface area contributed by atoms with Crippen LogP contribution < -0.4 is 14.8 Å². The summed E-state index contributed by atoms with van der Waals surface area (Å²) in [6.07, 6.45) is 6.57. The van der Waals surface area contributed by atoms with Crippen molar-refractivity contribution >= 4 is 27.5 Å². The van der Waals surface area contributed by atoms with Gasteiger partial charge in [0.05, 0.1) is 22.9 Å². The molecule has 3 aromatic rings. The zero-order chi connectivity index (χ0) is 20.6. The number of ether oxygens (including phenoxy) is 2. The maximum Gasteiger partial charge on any atom is 0.175 e. The molecule has 0 fully saturated rings. The standard InChI is InChI=1S/C21H22BrClFN3O2/c1-28-20-10-15(12-25-5-2-7-27-8-6-26-14-27)9-18(22)21(20)29-13-16-3-4-17(24)11-19(16)23/h3-4,6,8-11,14,25H,2,5,7,12-13H2,1H3. The topological polar surface area (TPSA) is 48.3 Å². The van der Waals surface area contributed by atoms with E-state index in [1.165, 1.54) is 12.1 Å². The molecular formula is C21H22BrClFN3O2. The number of aryl methyl sites for hydroxylation is 1. The van der Waals surface area contributed by atoms with Gasteiger partial charge in [-0.05, 0) is 58.7 Å². The molecule has 29 heavy (non-hydrogen) atoms. The Hall–Kier alpha value is -2.09. The normalized spacial score (nSPS) is 10.9. The number of rotatable bonds is 10. The first-order valence-electron chi connectivity index (χ1n) is 9.16. The number of halogens is 3. The van der Waals surface area contributed by atoms with Crippen LogP contribution in [0.2, 0.25) is 5.02 Å². The molecule has 0 aliphatic rings. The van der Waals surface area contributed by atoms with E-state index in [1.54, 1.807) is 19.4 Å². The van der Waals surface area contributed by atoms with Crippen LogP contribution in [0.25, 0.3) is 0 Å². The van der Waals surface area contributed by atoms with E-state index in [4.69, 9.17) is 21.1 Å². The van der Waals surface area contributed by atoms with Crippen LogP contribution in [-0.4, -0.2) is 23.2 Å². The first-order chi connectivity index (χ1) is 14.1. The lowest BCUT2D eigenvalue weighted by Gasteiger charge is -2.15. The minimum Gasteiger partial charge on any atom is -0.493 e. The van der Waals surface area contributed by atoms with Crippen molar-refractivity contribution in [1.29, 1.82) is 0 Å². The summed E-state index contributed by atoms with van der Waals surface area (Å²) in [5, 5.41) is 3.76. The quantitative estimate of drug-likeness (QED) is 0.403. The fourth-order valence-corrected chi connectivity index (χ4v) is 3.67. The Labute approximate surface area is 182 Å². The minimum atomic E-state index is -0.376. The Morgan fingerprint density at radius 1 is 1.28 bits per heavy atom. The third-order valence-corrected chi connectivity index (χ3v) is 5.28. The van der Waals surface area contributed by atoms with Gasteiger partial charge in [-0.2, -0.15) is 0 Å². The molecule has 0 radical (unpaired) electrons. The largest absolute Gasteiger partial charge is 0.493 e. The van der Waals surface area contributed by atoms with Gasteiger partial charge in [0.2, 0.25) is 0 Å². The van der Waals surface area contributed by atoms with Gasteiger partial charge in [0.15, 0.2) is 11.5 Å². The monoisotopic (exact) mass is 481 g/mol. The van der Waals surface area contributed by atoms with E-state index >= 15 is 0 Å². The van der Waals surface area contributed by atoms with Gasteiger partial charge in [0.25, 0.3) is 0 Å². The number of nitrogens with one attached hydrogen (secondary N) is 1. The Kier molecular flexibility index (Phi) is 7.91. The van der Waals surface area contributed by atoms with Crippen LogP contribution in [0.4, 0.5) is 4.39 Å². The van der Waals surface area contributed by atoms with E-state index < -0.39 is 0 Å². The van der Waals surface area contributed by atoms with Crippen molar-refractivity contribution in [2.24, 2.45) is 0 Å². The number of nitrogens with zero attached hydrogens (tertiary/aromatic N) is 2. The number of methoxy groups -OCH3 is 1. The molecule has 3 rings (SSSR count). The summed E-state index contributed by atoms with van der Waals surface area (Å²) in [4.78, 5) is 4.04. The summed E-state index contributed by atoms with van der Waals surface area (Å²) < 4.78 is 27.4. The van der Waals surface area contributed by atoms with E-state index in [2.05, 4.69) is 30.8 Å². The van der Waals surface area contributed by atoms with Crippen molar-refractivity contribution in [3.05, 3.63) is 75.5 Å². The fourth-order valence-electron chi connectivity index (χ4n) is 2.84. The van der Waals surface area contributed by atoms with E-state index in [-0.39, 0.29) is 12.4 Å². The highest BCUT2D eigenvalue weighted by molar-refractivity contribution is 9.10. The molecule has 0 unspecified atom stereocenters. The highest BCUT2D eigenvalue weighted by Gasteiger charge is 2.13. The van der Waals surface area contributed by atoms with E-state index in [9.17, 15) is 4.39 Å². The second-order valence-electron chi connectivity index (χ2n) is 6.46. The molecular weight excluding hydrogens is 461 g/mol. The molecule has 2 aromatic carbocycles. The maximum absolute atomic E-state index is 13.2. The molecule has 0 spiro atoms. The lowest BCUT2D eigenvalue weighted by Crippen LogP contribution is -2.16. The number of imidazole rings is 1. The van der Waals surface area contributed by atoms with E-state index in [1.807, 2.05) is 24.7 Å². The summed E-state index contributed by atoms with van der Waals surface area (Å²) in [7, 11) is 1.60. The molecule has 0 saturated heterocycles. The summed E-state index contributed by atoms with van der Waals surface area (Å²) in [5.41, 5.74) is 1.77. The van der Waals surface area contributed by atoms with Crippen molar-refractivity contribution in [1.82, 2.24) is 14.9 Å². The highest BCUT2D eigenvalue weighted by Crippen LogP contribution is 2.37. The molecule has 8 heteroatoms. The van der Waals surface area contributed by atoms with Crippen LogP contribution in [0, 0.1) is 5.82 Å². The van der Waals surface area contributed by atoms with Gasteiger partial charge in [-0.15, -0.1) is 0 Å². The SMILES string of the molecule is COc1cc(CNCCCn2ccnc2)cc(Br)c1OCc1ccc(F)cc1Cl. The molecule has 1 aromatic heterocycles. The number of hydrogen-bond donors (Lipinski definition) is 1. The average molecular weight is 483 g/mol. The summed E-state index contributed by atoms with van der Waals surface area (Å²) in [6, 6.07) is 8.18. The van der Waals surface area contributed by atoms with Crippen LogP contribution in [0.5, 0.6) is 11.5 Å². The molecule has 0 aliphatic carbocycles. The smallest absolute Gasteiger partial charge is 0.175 e. The molecule has 5 nitrogen and oxygen atoms in total. The molecule has 0 atom stereocenters. The average Bonchev–Trinajstić information content (AvgIpc) is 3.21. The van der Waals surface area contributed by atoms with Gasteiger partial charge < -0.3 is 19.4 Å². The molecule has 0 amide bonds. The number of benzene rings is 2. The second kappa shape index (κ2) is 10.6. The van der Waals surface area contributed by atoms with Crippen LogP contribution >= 0.6 is 27.5 Å². The van der Waals surface area contributed by atoms with Gasteiger partial charge in [0.1, 0.15) is 12.4 Å². The number of hydrogen-bond acceptors (Lipinski definition) is 4. The lowest BCUT2D eigenvalue weighted by molar-refractivity contribution is 0.282. The molecule has 0 saturated carbocycles. The van der Waals surface area contributed by atoms with Crippen LogP contribution in [0.1, 0.15) is 17.5 Å². The predicted octanol–water partition coefficient (Wildman–Crippen LogP) is 5.21. The Morgan fingerprint density at radius 2 is 2.14 bits per heavy atom. The predicted molar refractivity (Wildman–Crippen MR) is 115 cm³/mol. The van der Waals surface area contributed by atoms with Gasteiger partial charge in [-0.25, -0.2) is 9.37 Å². The minimum absolute atomic E-state index is 0.208. The van der Waals surface area contributed by atoms with Gasteiger partial charge in [-0.3, -0.25) is 0 Å². The van der Waals surface area contributed by atoms with Gasteiger partial charge in [0, 0.05) is 31.0 Å². The lowest BCUT2D eigenvalue weighted by atomic mass is 10.2. The molecule has 1 heterocycles. The number of aromatic nitrogens is 2. The highest BCUT2D eigenvalue weighted by atomic mass is 79.9. The fraction of sp³-hybridized carbons (Fsp3) is 0.286. The summed E-state index contributed by atoms with van der Waals surface area (Å²) >= 11 is 9.63. The zero-order valence-corrected chi connectivity index (χ0v) is 18.3. The van der Waals surface area contributed by atoms with E-state index in [0.717, 1.165) is 29.5 Å². The van der Waals surface area contributed by atoms with Gasteiger partial charge in [-0.1, -0.05) is 17.7 Å². The zero-order valence-electron chi connectivity index (χ0n) is 16.0. The summed E-state index contributed by atoms with van der Waals surface area (Å²) in [5.74, 6) is 0.823. The van der Waals surface area contributed by atoms with Crippen molar-refractivity contribution < 1.29 is 13.9 Å². The first-order valence-corrected chi connectivity index (χ1v) is 10.3. The Balaban J connectivity index is 1.56. The summed E-state index contributed by atoms with van der Waals surface area (Å²) in [6.45, 7) is 2.74. The second-order valence-corrected chi connectivity index (χ2v) is 7.73. The Morgan fingerprint density at radius 3 is 2.86 bits per heavy atom. The maximum atomic E-state index is 13.2. The van der Waals surface area contributed by atoms with Gasteiger partial charge >= 0.3 is 0 Å². The van der Waals surface area contributed by atoms with Crippen molar-refractivity contribution in [3.63, 3.8) is 0 Å². The van der Waals surface area contributed by atoms with Crippen LogP contribution in [-0.2, 0) is 19.7 Å². The van der Waals surface area contributed by atoms with Crippen LogP contribution in [0.15, 0.2) is 53.5 Å². The van der Waals surface area contributed by atoms with Crippen molar-refractivity contribution in [2.45, 2.75) is 26.1 Å².